The van der Waals surface area contributed by atoms with Crippen LogP contribution in [0.4, 0.5) is 0 Å². The number of aromatic nitrogens is 1. The second-order valence-corrected chi connectivity index (χ2v) is 9.43. The standard InChI is InChI=1S/C22H27N3O5S/c1-2-29-18-8-10-19(11-9-18)31(27,28)24-16-14-23(15-17-24)12-5-13-25-20-6-3-4-7-21(20)30-22(25)26/h3-4,6-11H,2,5,12-17H2,1H3. The van der Waals surface area contributed by atoms with Crippen LogP contribution in [0.15, 0.2) is 62.6 Å². The van der Waals surface area contributed by atoms with Gasteiger partial charge in [-0.15, -0.1) is 0 Å². The van der Waals surface area contributed by atoms with Crippen LogP contribution in [0.2, 0.25) is 0 Å². The van der Waals surface area contributed by atoms with Gasteiger partial charge in [0.1, 0.15) is 5.75 Å². The topological polar surface area (TPSA) is 85.0 Å². The molecule has 2 heterocycles. The van der Waals surface area contributed by atoms with Gasteiger partial charge in [-0.2, -0.15) is 4.31 Å². The Hall–Kier alpha value is -2.62. The number of hydrogen-bond donors (Lipinski definition) is 0. The molecule has 9 heteroatoms. The van der Waals surface area contributed by atoms with Crippen molar-refractivity contribution in [3.63, 3.8) is 0 Å². The number of oxazole rings is 1. The van der Waals surface area contributed by atoms with Crippen molar-refractivity contribution in [2.75, 3.05) is 39.3 Å². The van der Waals surface area contributed by atoms with Crippen LogP contribution >= 0.6 is 0 Å². The fraction of sp³-hybridized carbons (Fsp3) is 0.409. The van der Waals surface area contributed by atoms with E-state index in [1.807, 2.05) is 25.1 Å². The van der Waals surface area contributed by atoms with Gasteiger partial charge < -0.3 is 14.1 Å². The maximum atomic E-state index is 12.9. The predicted octanol–water partition coefficient (Wildman–Crippen LogP) is 2.39. The summed E-state index contributed by atoms with van der Waals surface area (Å²) < 4.78 is 39.7. The van der Waals surface area contributed by atoms with E-state index >= 15 is 0 Å². The Morgan fingerprint density at radius 1 is 0.968 bits per heavy atom. The van der Waals surface area contributed by atoms with Crippen molar-refractivity contribution in [3.05, 3.63) is 59.1 Å². The Morgan fingerprint density at radius 3 is 2.39 bits per heavy atom. The molecule has 1 aliphatic heterocycles. The minimum absolute atomic E-state index is 0.288. The summed E-state index contributed by atoms with van der Waals surface area (Å²) in [5.74, 6) is 0.322. The third kappa shape index (κ3) is 4.68. The third-order valence-electron chi connectivity index (χ3n) is 5.53. The summed E-state index contributed by atoms with van der Waals surface area (Å²) >= 11 is 0. The molecule has 3 aromatic rings. The van der Waals surface area contributed by atoms with E-state index in [-0.39, 0.29) is 10.7 Å². The molecular weight excluding hydrogens is 418 g/mol. The van der Waals surface area contributed by atoms with Gasteiger partial charge >= 0.3 is 5.76 Å². The van der Waals surface area contributed by atoms with Gasteiger partial charge in [0.25, 0.3) is 0 Å². The first-order valence-corrected chi connectivity index (χ1v) is 12.0. The molecule has 166 valence electrons. The Balaban J connectivity index is 1.30. The van der Waals surface area contributed by atoms with Gasteiger partial charge in [-0.1, -0.05) is 12.1 Å². The van der Waals surface area contributed by atoms with Crippen molar-refractivity contribution >= 4 is 21.1 Å². The number of ether oxygens (including phenoxy) is 1. The molecule has 0 atom stereocenters. The average molecular weight is 446 g/mol. The predicted molar refractivity (Wildman–Crippen MR) is 118 cm³/mol. The van der Waals surface area contributed by atoms with Gasteiger partial charge in [-0.3, -0.25) is 4.57 Å². The number of benzene rings is 2. The number of sulfonamides is 1. The molecule has 1 saturated heterocycles. The zero-order valence-corrected chi connectivity index (χ0v) is 18.4. The molecule has 1 fully saturated rings. The first kappa shape index (κ1) is 21.6. The molecule has 0 bridgehead atoms. The summed E-state index contributed by atoms with van der Waals surface area (Å²) in [6, 6.07) is 14.0. The summed E-state index contributed by atoms with van der Waals surface area (Å²) in [6.07, 6.45) is 0.787. The number of rotatable bonds is 8. The Labute approximate surface area is 181 Å². The Morgan fingerprint density at radius 2 is 1.68 bits per heavy atom. The fourth-order valence-corrected chi connectivity index (χ4v) is 5.32. The normalized spacial score (nSPS) is 16.0. The van der Waals surface area contributed by atoms with E-state index < -0.39 is 10.0 Å². The SMILES string of the molecule is CCOc1ccc(S(=O)(=O)N2CCN(CCCn3c(=O)oc4ccccc43)CC2)cc1. The van der Waals surface area contributed by atoms with E-state index in [0.717, 1.165) is 18.5 Å². The highest BCUT2D eigenvalue weighted by atomic mass is 32.2. The lowest BCUT2D eigenvalue weighted by Crippen LogP contribution is -2.48. The number of piperazine rings is 1. The van der Waals surface area contributed by atoms with Gasteiger partial charge in [0.05, 0.1) is 17.0 Å². The van der Waals surface area contributed by atoms with Crippen LogP contribution in [0.1, 0.15) is 13.3 Å². The van der Waals surface area contributed by atoms with E-state index in [0.29, 0.717) is 50.7 Å². The number of para-hydroxylation sites is 2. The number of nitrogens with zero attached hydrogens (tertiary/aromatic N) is 3. The lowest BCUT2D eigenvalue weighted by atomic mass is 10.3. The minimum atomic E-state index is -3.51. The monoisotopic (exact) mass is 445 g/mol. The van der Waals surface area contributed by atoms with Crippen molar-refractivity contribution in [3.8, 4) is 5.75 Å². The van der Waals surface area contributed by atoms with E-state index in [2.05, 4.69) is 4.90 Å². The highest BCUT2D eigenvalue weighted by Crippen LogP contribution is 2.21. The molecule has 0 unspecified atom stereocenters. The van der Waals surface area contributed by atoms with Crippen LogP contribution < -0.4 is 10.5 Å². The summed E-state index contributed by atoms with van der Waals surface area (Å²) in [5.41, 5.74) is 1.40. The maximum Gasteiger partial charge on any atom is 0.419 e. The van der Waals surface area contributed by atoms with Crippen LogP contribution in [-0.2, 0) is 16.6 Å². The number of fused-ring (bicyclic) bond motifs is 1. The second-order valence-electron chi connectivity index (χ2n) is 7.49. The van der Waals surface area contributed by atoms with Crippen LogP contribution in [0.5, 0.6) is 5.75 Å². The molecule has 0 amide bonds. The van der Waals surface area contributed by atoms with Crippen LogP contribution in [-0.4, -0.2) is 61.5 Å². The largest absolute Gasteiger partial charge is 0.494 e. The van der Waals surface area contributed by atoms with E-state index in [4.69, 9.17) is 9.15 Å². The zero-order chi connectivity index (χ0) is 21.8. The maximum absolute atomic E-state index is 12.9. The van der Waals surface area contributed by atoms with E-state index in [1.54, 1.807) is 34.9 Å². The second kappa shape index (κ2) is 9.25. The molecule has 2 aromatic carbocycles. The van der Waals surface area contributed by atoms with Crippen molar-refractivity contribution in [2.45, 2.75) is 24.8 Å². The summed E-state index contributed by atoms with van der Waals surface area (Å²) in [4.78, 5) is 14.6. The molecular formula is C22H27N3O5S. The van der Waals surface area contributed by atoms with Crippen molar-refractivity contribution < 1.29 is 17.6 Å². The highest BCUT2D eigenvalue weighted by Gasteiger charge is 2.28. The van der Waals surface area contributed by atoms with Crippen molar-refractivity contribution in [1.29, 1.82) is 0 Å². The summed E-state index contributed by atoms with van der Waals surface area (Å²) in [7, 11) is -3.51. The van der Waals surface area contributed by atoms with Crippen LogP contribution in [0.3, 0.4) is 0 Å². The molecule has 0 radical (unpaired) electrons. The van der Waals surface area contributed by atoms with Gasteiger partial charge in [0, 0.05) is 32.7 Å². The smallest absolute Gasteiger partial charge is 0.419 e. The van der Waals surface area contributed by atoms with Crippen molar-refractivity contribution in [1.82, 2.24) is 13.8 Å². The van der Waals surface area contributed by atoms with E-state index in [9.17, 15) is 13.2 Å². The fourth-order valence-electron chi connectivity index (χ4n) is 3.90. The molecule has 0 aliphatic carbocycles. The lowest BCUT2D eigenvalue weighted by Gasteiger charge is -2.34. The first-order valence-electron chi connectivity index (χ1n) is 10.5. The van der Waals surface area contributed by atoms with Crippen LogP contribution in [0.25, 0.3) is 11.1 Å². The number of aryl methyl sites for hydroxylation is 1. The van der Waals surface area contributed by atoms with Gasteiger partial charge in [-0.25, -0.2) is 13.2 Å². The molecule has 31 heavy (non-hydrogen) atoms. The molecule has 4 rings (SSSR count). The highest BCUT2D eigenvalue weighted by molar-refractivity contribution is 7.89. The van der Waals surface area contributed by atoms with Crippen LogP contribution in [0, 0.1) is 0 Å². The number of hydrogen-bond acceptors (Lipinski definition) is 6. The zero-order valence-electron chi connectivity index (χ0n) is 17.6. The first-order chi connectivity index (χ1) is 15.0. The summed E-state index contributed by atoms with van der Waals surface area (Å²) in [5, 5.41) is 0. The third-order valence-corrected chi connectivity index (χ3v) is 7.45. The van der Waals surface area contributed by atoms with Gasteiger partial charge in [-0.05, 0) is 56.3 Å². The molecule has 1 aromatic heterocycles. The molecule has 8 nitrogen and oxygen atoms in total. The lowest BCUT2D eigenvalue weighted by molar-refractivity contribution is 0.184. The molecule has 1 aliphatic rings. The average Bonchev–Trinajstić information content (AvgIpc) is 3.10. The van der Waals surface area contributed by atoms with Gasteiger partial charge in [0.2, 0.25) is 10.0 Å². The molecule has 0 N–H and O–H groups in total. The molecule has 0 saturated carbocycles. The minimum Gasteiger partial charge on any atom is -0.494 e. The van der Waals surface area contributed by atoms with Gasteiger partial charge in [0.15, 0.2) is 5.58 Å². The van der Waals surface area contributed by atoms with E-state index in [1.165, 1.54) is 4.31 Å². The Kier molecular flexibility index (Phi) is 6.45. The quantitative estimate of drug-likeness (QED) is 0.529. The van der Waals surface area contributed by atoms with Crippen molar-refractivity contribution in [2.24, 2.45) is 0 Å². The molecule has 0 spiro atoms. The Bertz CT molecular complexity index is 1180. The summed E-state index contributed by atoms with van der Waals surface area (Å²) in [6.45, 7) is 6.02.